The number of hydrogen-bond acceptors (Lipinski definition) is 4. The number of halogens is 2. The van der Waals surface area contributed by atoms with E-state index in [0.29, 0.717) is 21.7 Å². The van der Waals surface area contributed by atoms with E-state index >= 15 is 0 Å². The number of anilines is 1. The first-order valence-corrected chi connectivity index (χ1v) is 11.2. The number of benzene rings is 3. The second kappa shape index (κ2) is 9.14. The van der Waals surface area contributed by atoms with Gasteiger partial charge in [0.05, 0.1) is 33.1 Å². The van der Waals surface area contributed by atoms with Crippen molar-refractivity contribution in [2.24, 2.45) is 0 Å². The molecule has 5 nitrogen and oxygen atoms in total. The maximum absolute atomic E-state index is 13.4. The molecule has 0 radical (unpaired) electrons. The van der Waals surface area contributed by atoms with E-state index in [2.05, 4.69) is 10.3 Å². The number of para-hydroxylation sites is 2. The number of nitrogens with one attached hydrogen (secondary N) is 1. The lowest BCUT2D eigenvalue weighted by molar-refractivity contribution is -0.113. The summed E-state index contributed by atoms with van der Waals surface area (Å²) < 4.78 is 14.8. The Balaban J connectivity index is 1.72. The second-order valence-corrected chi connectivity index (χ2v) is 8.60. The highest BCUT2D eigenvalue weighted by atomic mass is 35.5. The molecule has 0 bridgehead atoms. The fourth-order valence-electron chi connectivity index (χ4n) is 3.47. The van der Waals surface area contributed by atoms with Crippen molar-refractivity contribution in [1.82, 2.24) is 9.55 Å². The molecule has 4 rings (SSSR count). The average Bonchev–Trinajstić information content (AvgIpc) is 2.76. The normalized spacial score (nSPS) is 11.0. The molecule has 0 atom stereocenters. The smallest absolute Gasteiger partial charge is 0.266 e. The largest absolute Gasteiger partial charge is 0.324 e. The van der Waals surface area contributed by atoms with E-state index < -0.39 is 5.82 Å². The molecule has 1 aromatic heterocycles. The van der Waals surface area contributed by atoms with Crippen LogP contribution in [-0.4, -0.2) is 21.2 Å². The molecule has 1 amide bonds. The summed E-state index contributed by atoms with van der Waals surface area (Å²) in [6.45, 7) is 3.86. The van der Waals surface area contributed by atoms with Gasteiger partial charge in [-0.2, -0.15) is 0 Å². The molecule has 32 heavy (non-hydrogen) atoms. The number of carbonyl (C=O) groups is 1. The molecule has 0 saturated carbocycles. The van der Waals surface area contributed by atoms with Crippen LogP contribution in [0.15, 0.2) is 70.6 Å². The van der Waals surface area contributed by atoms with Gasteiger partial charge in [-0.3, -0.25) is 14.2 Å². The Morgan fingerprint density at radius 2 is 1.81 bits per heavy atom. The maximum Gasteiger partial charge on any atom is 0.266 e. The summed E-state index contributed by atoms with van der Waals surface area (Å²) in [4.78, 5) is 30.6. The van der Waals surface area contributed by atoms with Gasteiger partial charge in [-0.1, -0.05) is 53.7 Å². The highest BCUT2D eigenvalue weighted by Crippen LogP contribution is 2.26. The van der Waals surface area contributed by atoms with Gasteiger partial charge in [0, 0.05) is 0 Å². The summed E-state index contributed by atoms with van der Waals surface area (Å²) in [6.07, 6.45) is 0. The predicted molar refractivity (Wildman–Crippen MR) is 128 cm³/mol. The Hall–Kier alpha value is -3.16. The molecule has 0 aliphatic carbocycles. The molecule has 0 saturated heterocycles. The van der Waals surface area contributed by atoms with Gasteiger partial charge >= 0.3 is 0 Å². The average molecular weight is 468 g/mol. The zero-order valence-corrected chi connectivity index (χ0v) is 18.9. The number of aryl methyl sites for hydroxylation is 2. The fraction of sp³-hybridized carbons (Fsp3) is 0.125. The summed E-state index contributed by atoms with van der Waals surface area (Å²) in [5, 5.41) is 3.69. The third kappa shape index (κ3) is 4.40. The minimum Gasteiger partial charge on any atom is -0.324 e. The van der Waals surface area contributed by atoms with Crippen molar-refractivity contribution in [2.75, 3.05) is 11.1 Å². The lowest BCUT2D eigenvalue weighted by Crippen LogP contribution is -2.24. The summed E-state index contributed by atoms with van der Waals surface area (Å²) in [5.41, 5.74) is 3.28. The van der Waals surface area contributed by atoms with E-state index in [0.717, 1.165) is 34.6 Å². The maximum atomic E-state index is 13.4. The fourth-order valence-corrected chi connectivity index (χ4v) is 4.48. The third-order valence-electron chi connectivity index (χ3n) is 4.95. The van der Waals surface area contributed by atoms with Crippen molar-refractivity contribution in [3.8, 4) is 5.69 Å². The van der Waals surface area contributed by atoms with Crippen molar-refractivity contribution >= 4 is 45.9 Å². The Kier molecular flexibility index (Phi) is 6.30. The Morgan fingerprint density at radius 3 is 2.53 bits per heavy atom. The molecule has 1 heterocycles. The number of hydrogen-bond donors (Lipinski definition) is 1. The summed E-state index contributed by atoms with van der Waals surface area (Å²) in [5.74, 6) is -0.844. The van der Waals surface area contributed by atoms with E-state index in [1.807, 2.05) is 38.1 Å². The van der Waals surface area contributed by atoms with Crippen molar-refractivity contribution in [1.29, 1.82) is 0 Å². The highest BCUT2D eigenvalue weighted by molar-refractivity contribution is 7.99. The molecule has 0 aliphatic heterocycles. The van der Waals surface area contributed by atoms with Crippen LogP contribution in [0.25, 0.3) is 16.6 Å². The van der Waals surface area contributed by atoms with E-state index in [4.69, 9.17) is 11.6 Å². The van der Waals surface area contributed by atoms with Crippen LogP contribution >= 0.6 is 23.4 Å². The Bertz CT molecular complexity index is 1380. The first kappa shape index (κ1) is 22.0. The zero-order valence-electron chi connectivity index (χ0n) is 17.4. The van der Waals surface area contributed by atoms with Gasteiger partial charge in [-0.05, 0) is 55.3 Å². The molecule has 3 aromatic carbocycles. The van der Waals surface area contributed by atoms with E-state index in [9.17, 15) is 14.0 Å². The van der Waals surface area contributed by atoms with Crippen LogP contribution in [0, 0.1) is 19.7 Å². The predicted octanol–water partition coefficient (Wildman–Crippen LogP) is 5.53. The highest BCUT2D eigenvalue weighted by Gasteiger charge is 2.18. The number of nitrogens with zero attached hydrogens (tertiary/aromatic N) is 2. The summed E-state index contributed by atoms with van der Waals surface area (Å²) >= 11 is 7.14. The summed E-state index contributed by atoms with van der Waals surface area (Å²) in [7, 11) is 0. The van der Waals surface area contributed by atoms with Gasteiger partial charge in [0.1, 0.15) is 5.82 Å². The van der Waals surface area contributed by atoms with Gasteiger partial charge < -0.3 is 5.32 Å². The van der Waals surface area contributed by atoms with Gasteiger partial charge in [-0.15, -0.1) is 0 Å². The van der Waals surface area contributed by atoms with E-state index in [1.165, 1.54) is 12.1 Å². The molecule has 1 N–H and O–H groups in total. The van der Waals surface area contributed by atoms with Crippen molar-refractivity contribution < 1.29 is 9.18 Å². The Labute approximate surface area is 193 Å². The lowest BCUT2D eigenvalue weighted by atomic mass is 10.1. The van der Waals surface area contributed by atoms with Gasteiger partial charge in [0.25, 0.3) is 5.56 Å². The standard InChI is InChI=1S/C24H19ClFN3O2S/c1-14-6-5-7-15(2)22(14)29-23(31)17-8-3-4-9-19(17)28-24(29)32-13-21(30)27-20-11-10-16(26)12-18(20)25/h3-12H,13H2,1-2H3,(H,27,30). The minimum atomic E-state index is -0.486. The van der Waals surface area contributed by atoms with Crippen LogP contribution in [0.4, 0.5) is 10.1 Å². The number of rotatable bonds is 5. The number of amides is 1. The van der Waals surface area contributed by atoms with Gasteiger partial charge in [0.2, 0.25) is 5.91 Å². The topological polar surface area (TPSA) is 64.0 Å². The molecule has 162 valence electrons. The van der Waals surface area contributed by atoms with Crippen LogP contribution in [0.2, 0.25) is 5.02 Å². The number of fused-ring (bicyclic) bond motifs is 1. The SMILES string of the molecule is Cc1cccc(C)c1-n1c(SCC(=O)Nc2ccc(F)cc2Cl)nc2ccccc2c1=O. The van der Waals surface area contributed by atoms with Crippen LogP contribution in [0.5, 0.6) is 0 Å². The first-order valence-electron chi connectivity index (χ1n) is 9.81. The minimum absolute atomic E-state index is 0.0105. The third-order valence-corrected chi connectivity index (χ3v) is 6.20. The van der Waals surface area contributed by atoms with Crippen molar-refractivity contribution in [3.05, 3.63) is 93.0 Å². The molecule has 4 aromatic rings. The van der Waals surface area contributed by atoms with Gasteiger partial charge in [-0.25, -0.2) is 9.37 Å². The second-order valence-electron chi connectivity index (χ2n) is 7.25. The van der Waals surface area contributed by atoms with Crippen LogP contribution in [0.3, 0.4) is 0 Å². The molecular formula is C24H19ClFN3O2S. The number of aromatic nitrogens is 2. The number of carbonyl (C=O) groups excluding carboxylic acids is 1. The summed E-state index contributed by atoms with van der Waals surface area (Å²) in [6, 6.07) is 16.7. The van der Waals surface area contributed by atoms with Crippen LogP contribution in [0.1, 0.15) is 11.1 Å². The monoisotopic (exact) mass is 467 g/mol. The Morgan fingerprint density at radius 1 is 1.09 bits per heavy atom. The van der Waals surface area contributed by atoms with Crippen LogP contribution in [-0.2, 0) is 4.79 Å². The molecule has 8 heteroatoms. The molecular weight excluding hydrogens is 449 g/mol. The van der Waals surface area contributed by atoms with Crippen LogP contribution < -0.4 is 10.9 Å². The van der Waals surface area contributed by atoms with E-state index in [1.54, 1.807) is 22.8 Å². The quantitative estimate of drug-likeness (QED) is 0.310. The van der Waals surface area contributed by atoms with E-state index in [-0.39, 0.29) is 22.2 Å². The number of thioether (sulfide) groups is 1. The molecule has 0 fully saturated rings. The molecule has 0 unspecified atom stereocenters. The first-order chi connectivity index (χ1) is 15.3. The zero-order chi connectivity index (χ0) is 22.8. The van der Waals surface area contributed by atoms with Crippen molar-refractivity contribution in [2.45, 2.75) is 19.0 Å². The molecule has 0 spiro atoms. The lowest BCUT2D eigenvalue weighted by Gasteiger charge is -2.17. The van der Waals surface area contributed by atoms with Crippen molar-refractivity contribution in [3.63, 3.8) is 0 Å². The van der Waals surface area contributed by atoms with Gasteiger partial charge in [0.15, 0.2) is 5.16 Å². The molecule has 0 aliphatic rings.